The predicted octanol–water partition coefficient (Wildman–Crippen LogP) is 1.40. The highest BCUT2D eigenvalue weighted by Crippen LogP contribution is 2.26. The highest BCUT2D eigenvalue weighted by molar-refractivity contribution is 5.43. The number of hydrogen-bond acceptors (Lipinski definition) is 3. The predicted molar refractivity (Wildman–Crippen MR) is 65.8 cm³/mol. The van der Waals surface area contributed by atoms with Crippen molar-refractivity contribution in [3.8, 4) is 5.75 Å². The van der Waals surface area contributed by atoms with Crippen molar-refractivity contribution in [2.75, 3.05) is 27.7 Å². The van der Waals surface area contributed by atoms with Crippen molar-refractivity contribution < 1.29 is 4.74 Å². The van der Waals surface area contributed by atoms with Gasteiger partial charge in [-0.2, -0.15) is 0 Å². The van der Waals surface area contributed by atoms with E-state index in [0.29, 0.717) is 0 Å². The van der Waals surface area contributed by atoms with Crippen LogP contribution in [0.4, 0.5) is 0 Å². The van der Waals surface area contributed by atoms with E-state index in [1.807, 2.05) is 0 Å². The molecule has 1 aromatic carbocycles. The molecule has 2 rings (SSSR count). The van der Waals surface area contributed by atoms with E-state index < -0.39 is 0 Å². The van der Waals surface area contributed by atoms with E-state index in [4.69, 9.17) is 4.74 Å². The largest absolute Gasteiger partial charge is 0.496 e. The van der Waals surface area contributed by atoms with Gasteiger partial charge in [0.15, 0.2) is 0 Å². The van der Waals surface area contributed by atoms with E-state index in [1.54, 1.807) is 7.11 Å². The summed E-state index contributed by atoms with van der Waals surface area (Å²) >= 11 is 0. The number of hydrogen-bond donors (Lipinski definition) is 1. The number of nitrogens with one attached hydrogen (secondary N) is 1. The average Bonchev–Trinajstić information content (AvgIpc) is 2.27. The van der Waals surface area contributed by atoms with Crippen LogP contribution in [0.3, 0.4) is 0 Å². The lowest BCUT2D eigenvalue weighted by atomic mass is 9.97. The minimum Gasteiger partial charge on any atom is -0.496 e. The van der Waals surface area contributed by atoms with Crippen LogP contribution in [0.5, 0.6) is 5.75 Å². The van der Waals surface area contributed by atoms with Gasteiger partial charge in [-0.3, -0.25) is 0 Å². The van der Waals surface area contributed by atoms with Gasteiger partial charge in [-0.05, 0) is 44.3 Å². The molecule has 1 aliphatic rings. The molecule has 0 saturated heterocycles. The summed E-state index contributed by atoms with van der Waals surface area (Å²) < 4.78 is 5.46. The van der Waals surface area contributed by atoms with Crippen LogP contribution < -0.4 is 10.1 Å². The van der Waals surface area contributed by atoms with Crippen molar-refractivity contribution in [2.24, 2.45) is 0 Å². The maximum Gasteiger partial charge on any atom is 0.123 e. The molecule has 0 bridgehead atoms. The second-order valence-electron chi connectivity index (χ2n) is 4.60. The second kappa shape index (κ2) is 4.85. The summed E-state index contributed by atoms with van der Waals surface area (Å²) in [6, 6.07) is 4.48. The quantitative estimate of drug-likeness (QED) is 0.833. The van der Waals surface area contributed by atoms with E-state index in [-0.39, 0.29) is 0 Å². The van der Waals surface area contributed by atoms with E-state index in [9.17, 15) is 0 Å². The Hall–Kier alpha value is -1.06. The third-order valence-electron chi connectivity index (χ3n) is 2.98. The first-order chi connectivity index (χ1) is 7.70. The molecule has 0 amide bonds. The Morgan fingerprint density at radius 3 is 2.81 bits per heavy atom. The Morgan fingerprint density at radius 2 is 2.12 bits per heavy atom. The molecule has 3 nitrogen and oxygen atoms in total. The van der Waals surface area contributed by atoms with Crippen LogP contribution in [0.25, 0.3) is 0 Å². The van der Waals surface area contributed by atoms with Gasteiger partial charge in [-0.1, -0.05) is 6.07 Å². The lowest BCUT2D eigenvalue weighted by Crippen LogP contribution is -2.24. The first-order valence-corrected chi connectivity index (χ1v) is 5.75. The third kappa shape index (κ3) is 2.36. The summed E-state index contributed by atoms with van der Waals surface area (Å²) in [5, 5.41) is 3.39. The Balaban J connectivity index is 2.35. The molecule has 1 aliphatic heterocycles. The molecular weight excluding hydrogens is 200 g/mol. The van der Waals surface area contributed by atoms with E-state index >= 15 is 0 Å². The smallest absolute Gasteiger partial charge is 0.123 e. The molecule has 0 radical (unpaired) electrons. The Labute approximate surface area is 97.4 Å². The molecule has 16 heavy (non-hydrogen) atoms. The van der Waals surface area contributed by atoms with Gasteiger partial charge in [0.2, 0.25) is 0 Å². The van der Waals surface area contributed by atoms with Gasteiger partial charge in [-0.25, -0.2) is 0 Å². The number of nitrogens with zero attached hydrogens (tertiary/aromatic N) is 1. The van der Waals surface area contributed by atoms with Crippen LogP contribution in [-0.4, -0.2) is 32.6 Å². The monoisotopic (exact) mass is 220 g/mol. The maximum absolute atomic E-state index is 5.46. The zero-order chi connectivity index (χ0) is 11.5. The standard InChI is InChI=1S/C13H20N2O/c1-15(2)9-12-6-10-4-5-14-8-11(10)7-13(12)16-3/h6-7,14H,4-5,8-9H2,1-3H3. The molecule has 1 aromatic rings. The van der Waals surface area contributed by atoms with Gasteiger partial charge in [0, 0.05) is 18.7 Å². The summed E-state index contributed by atoms with van der Waals surface area (Å²) in [6.07, 6.45) is 1.12. The van der Waals surface area contributed by atoms with Crippen LogP contribution in [0.15, 0.2) is 12.1 Å². The number of fused-ring (bicyclic) bond motifs is 1. The normalized spacial score (nSPS) is 15.0. The number of methoxy groups -OCH3 is 1. The van der Waals surface area contributed by atoms with Gasteiger partial charge in [0.05, 0.1) is 7.11 Å². The first kappa shape index (κ1) is 11.4. The molecule has 1 N–H and O–H groups in total. The molecule has 0 fully saturated rings. The fraction of sp³-hybridized carbons (Fsp3) is 0.538. The van der Waals surface area contributed by atoms with Crippen molar-refractivity contribution in [2.45, 2.75) is 19.5 Å². The van der Waals surface area contributed by atoms with Gasteiger partial charge in [-0.15, -0.1) is 0 Å². The highest BCUT2D eigenvalue weighted by Gasteiger charge is 2.13. The molecule has 1 heterocycles. The molecular formula is C13H20N2O. The number of ether oxygens (including phenoxy) is 1. The van der Waals surface area contributed by atoms with Gasteiger partial charge < -0.3 is 15.0 Å². The zero-order valence-corrected chi connectivity index (χ0v) is 10.3. The molecule has 3 heteroatoms. The van der Waals surface area contributed by atoms with E-state index in [1.165, 1.54) is 16.7 Å². The van der Waals surface area contributed by atoms with Gasteiger partial charge >= 0.3 is 0 Å². The van der Waals surface area contributed by atoms with Crippen molar-refractivity contribution in [3.63, 3.8) is 0 Å². The minimum atomic E-state index is 0.934. The summed E-state index contributed by atoms with van der Waals surface area (Å²) in [6.45, 7) is 2.98. The fourth-order valence-electron chi connectivity index (χ4n) is 2.22. The van der Waals surface area contributed by atoms with Crippen LogP contribution in [0.2, 0.25) is 0 Å². The molecule has 0 saturated carbocycles. The van der Waals surface area contributed by atoms with Crippen molar-refractivity contribution in [3.05, 3.63) is 28.8 Å². The van der Waals surface area contributed by atoms with Crippen LogP contribution >= 0.6 is 0 Å². The molecule has 0 aliphatic carbocycles. The Kier molecular flexibility index (Phi) is 3.46. The number of benzene rings is 1. The molecule has 0 aromatic heterocycles. The zero-order valence-electron chi connectivity index (χ0n) is 10.3. The minimum absolute atomic E-state index is 0.934. The van der Waals surface area contributed by atoms with Crippen LogP contribution in [-0.2, 0) is 19.5 Å². The topological polar surface area (TPSA) is 24.5 Å². The molecule has 88 valence electrons. The number of rotatable bonds is 3. The summed E-state index contributed by atoms with van der Waals surface area (Å²) in [7, 11) is 5.91. The van der Waals surface area contributed by atoms with Gasteiger partial charge in [0.1, 0.15) is 5.75 Å². The molecule has 0 unspecified atom stereocenters. The highest BCUT2D eigenvalue weighted by atomic mass is 16.5. The average molecular weight is 220 g/mol. The van der Waals surface area contributed by atoms with Gasteiger partial charge in [0.25, 0.3) is 0 Å². The molecule has 0 atom stereocenters. The Morgan fingerprint density at radius 1 is 1.31 bits per heavy atom. The SMILES string of the molecule is COc1cc2c(cc1CN(C)C)CCNC2. The lowest BCUT2D eigenvalue weighted by molar-refractivity contribution is 0.370. The molecule has 0 spiro atoms. The van der Waals surface area contributed by atoms with Crippen molar-refractivity contribution in [1.29, 1.82) is 0 Å². The van der Waals surface area contributed by atoms with Crippen molar-refractivity contribution >= 4 is 0 Å². The summed E-state index contributed by atoms with van der Waals surface area (Å²) in [5.74, 6) is 1.01. The summed E-state index contributed by atoms with van der Waals surface area (Å²) in [5.41, 5.74) is 4.13. The maximum atomic E-state index is 5.46. The second-order valence-corrected chi connectivity index (χ2v) is 4.60. The summed E-state index contributed by atoms with van der Waals surface area (Å²) in [4.78, 5) is 2.17. The van der Waals surface area contributed by atoms with Crippen LogP contribution in [0.1, 0.15) is 16.7 Å². The first-order valence-electron chi connectivity index (χ1n) is 5.75. The Bertz CT molecular complexity index is 374. The van der Waals surface area contributed by atoms with Crippen LogP contribution in [0, 0.1) is 0 Å². The lowest BCUT2D eigenvalue weighted by Gasteiger charge is -2.21. The van der Waals surface area contributed by atoms with E-state index in [2.05, 4.69) is 36.4 Å². The van der Waals surface area contributed by atoms with E-state index in [0.717, 1.165) is 31.8 Å². The van der Waals surface area contributed by atoms with Crippen molar-refractivity contribution in [1.82, 2.24) is 10.2 Å². The third-order valence-corrected chi connectivity index (χ3v) is 2.98. The fourth-order valence-corrected chi connectivity index (χ4v) is 2.22.